The SMILES string of the molecule is S=C(NCc1ccccc1)Nc1ccc(Br)cc1Cl. The number of hydrogen-bond acceptors (Lipinski definition) is 1. The quantitative estimate of drug-likeness (QED) is 0.788. The van der Waals surface area contributed by atoms with Gasteiger partial charge >= 0.3 is 0 Å². The van der Waals surface area contributed by atoms with Gasteiger partial charge in [0.05, 0.1) is 10.7 Å². The summed E-state index contributed by atoms with van der Waals surface area (Å²) in [5.41, 5.74) is 1.96. The van der Waals surface area contributed by atoms with Gasteiger partial charge in [-0.05, 0) is 36.0 Å². The van der Waals surface area contributed by atoms with Crippen LogP contribution in [0.4, 0.5) is 5.69 Å². The highest BCUT2D eigenvalue weighted by Gasteiger charge is 2.03. The zero-order chi connectivity index (χ0) is 13.7. The molecule has 0 aliphatic carbocycles. The van der Waals surface area contributed by atoms with E-state index in [0.717, 1.165) is 10.2 Å². The first-order valence-corrected chi connectivity index (χ1v) is 7.27. The molecule has 0 atom stereocenters. The van der Waals surface area contributed by atoms with Gasteiger partial charge in [-0.25, -0.2) is 0 Å². The maximum absolute atomic E-state index is 6.11. The number of nitrogens with one attached hydrogen (secondary N) is 2. The van der Waals surface area contributed by atoms with Crippen molar-refractivity contribution in [3.8, 4) is 0 Å². The highest BCUT2D eigenvalue weighted by molar-refractivity contribution is 9.10. The van der Waals surface area contributed by atoms with E-state index in [-0.39, 0.29) is 0 Å². The molecule has 2 aromatic carbocycles. The molecular weight excluding hydrogens is 344 g/mol. The molecule has 0 radical (unpaired) electrons. The van der Waals surface area contributed by atoms with E-state index in [4.69, 9.17) is 23.8 Å². The van der Waals surface area contributed by atoms with Crippen LogP contribution >= 0.6 is 39.7 Å². The molecule has 2 aromatic rings. The first-order valence-electron chi connectivity index (χ1n) is 5.69. The van der Waals surface area contributed by atoms with Gasteiger partial charge in [0.25, 0.3) is 0 Å². The van der Waals surface area contributed by atoms with Crippen LogP contribution in [0.1, 0.15) is 5.56 Å². The lowest BCUT2D eigenvalue weighted by molar-refractivity contribution is 0.926. The van der Waals surface area contributed by atoms with E-state index in [1.807, 2.05) is 48.5 Å². The van der Waals surface area contributed by atoms with E-state index in [2.05, 4.69) is 26.6 Å². The molecule has 5 heteroatoms. The van der Waals surface area contributed by atoms with Gasteiger partial charge < -0.3 is 10.6 Å². The Morgan fingerprint density at radius 3 is 2.58 bits per heavy atom. The molecule has 0 bridgehead atoms. The summed E-state index contributed by atoms with van der Waals surface area (Å²) in [6, 6.07) is 15.7. The summed E-state index contributed by atoms with van der Waals surface area (Å²) < 4.78 is 0.936. The van der Waals surface area contributed by atoms with Gasteiger partial charge in [-0.2, -0.15) is 0 Å². The molecule has 98 valence electrons. The van der Waals surface area contributed by atoms with E-state index < -0.39 is 0 Å². The van der Waals surface area contributed by atoms with E-state index in [0.29, 0.717) is 16.7 Å². The van der Waals surface area contributed by atoms with Crippen molar-refractivity contribution < 1.29 is 0 Å². The van der Waals surface area contributed by atoms with Crippen molar-refractivity contribution in [1.82, 2.24) is 5.32 Å². The van der Waals surface area contributed by atoms with Crippen molar-refractivity contribution in [2.45, 2.75) is 6.54 Å². The first-order chi connectivity index (χ1) is 9.15. The summed E-state index contributed by atoms with van der Waals surface area (Å²) in [6.45, 7) is 0.681. The largest absolute Gasteiger partial charge is 0.358 e. The van der Waals surface area contributed by atoms with E-state index in [1.165, 1.54) is 5.56 Å². The predicted octanol–water partition coefficient (Wildman–Crippen LogP) is 4.59. The minimum atomic E-state index is 0.549. The van der Waals surface area contributed by atoms with Crippen LogP contribution in [-0.2, 0) is 6.54 Å². The molecule has 0 spiro atoms. The van der Waals surface area contributed by atoms with Crippen molar-refractivity contribution in [2.75, 3.05) is 5.32 Å². The van der Waals surface area contributed by atoms with Crippen LogP contribution in [0.15, 0.2) is 53.0 Å². The maximum Gasteiger partial charge on any atom is 0.171 e. The predicted molar refractivity (Wildman–Crippen MR) is 88.7 cm³/mol. The molecule has 2 nitrogen and oxygen atoms in total. The third-order valence-electron chi connectivity index (χ3n) is 2.48. The van der Waals surface area contributed by atoms with Crippen molar-refractivity contribution in [3.05, 3.63) is 63.6 Å². The second kappa shape index (κ2) is 6.89. The Morgan fingerprint density at radius 2 is 1.89 bits per heavy atom. The van der Waals surface area contributed by atoms with E-state index in [9.17, 15) is 0 Å². The van der Waals surface area contributed by atoms with E-state index >= 15 is 0 Å². The summed E-state index contributed by atoms with van der Waals surface area (Å²) in [5.74, 6) is 0. The zero-order valence-corrected chi connectivity index (χ0v) is 13.1. The van der Waals surface area contributed by atoms with Gasteiger partial charge in [-0.3, -0.25) is 0 Å². The first kappa shape index (κ1) is 14.3. The van der Waals surface area contributed by atoms with Gasteiger partial charge in [0.15, 0.2) is 5.11 Å². The number of thiocarbonyl (C=S) groups is 1. The third-order valence-corrected chi connectivity index (χ3v) is 3.53. The molecule has 0 amide bonds. The topological polar surface area (TPSA) is 24.1 Å². The van der Waals surface area contributed by atoms with Crippen molar-refractivity contribution in [1.29, 1.82) is 0 Å². The second-order valence-corrected chi connectivity index (χ2v) is 5.65. The number of anilines is 1. The van der Waals surface area contributed by atoms with Crippen LogP contribution in [0.2, 0.25) is 5.02 Å². The fourth-order valence-corrected chi connectivity index (χ4v) is 2.44. The minimum Gasteiger partial charge on any atom is -0.358 e. The Bertz CT molecular complexity index is 575. The lowest BCUT2D eigenvalue weighted by Gasteiger charge is -2.12. The lowest BCUT2D eigenvalue weighted by Crippen LogP contribution is -2.27. The Hall–Kier alpha value is -1.10. The zero-order valence-electron chi connectivity index (χ0n) is 9.99. The monoisotopic (exact) mass is 354 g/mol. The number of halogens is 2. The molecule has 0 saturated heterocycles. The Labute approximate surface area is 131 Å². The van der Waals surface area contributed by atoms with E-state index in [1.54, 1.807) is 0 Å². The van der Waals surface area contributed by atoms with Gasteiger partial charge in [0.2, 0.25) is 0 Å². The van der Waals surface area contributed by atoms with Crippen LogP contribution in [0, 0.1) is 0 Å². The Balaban J connectivity index is 1.91. The lowest BCUT2D eigenvalue weighted by atomic mass is 10.2. The summed E-state index contributed by atoms with van der Waals surface area (Å²) >= 11 is 14.7. The molecule has 0 heterocycles. The summed E-state index contributed by atoms with van der Waals surface area (Å²) in [5, 5.41) is 7.39. The number of hydrogen-bond donors (Lipinski definition) is 2. The highest BCUT2D eigenvalue weighted by atomic mass is 79.9. The molecule has 19 heavy (non-hydrogen) atoms. The maximum atomic E-state index is 6.11. The van der Waals surface area contributed by atoms with Crippen molar-refractivity contribution >= 4 is 50.5 Å². The van der Waals surface area contributed by atoms with Crippen LogP contribution in [0.25, 0.3) is 0 Å². The molecule has 0 aliphatic heterocycles. The number of rotatable bonds is 3. The van der Waals surface area contributed by atoms with Gasteiger partial charge in [-0.1, -0.05) is 57.9 Å². The minimum absolute atomic E-state index is 0.549. The van der Waals surface area contributed by atoms with Gasteiger partial charge in [0.1, 0.15) is 0 Å². The summed E-state index contributed by atoms with van der Waals surface area (Å²) in [4.78, 5) is 0. The van der Waals surface area contributed by atoms with Gasteiger partial charge in [0, 0.05) is 11.0 Å². The fraction of sp³-hybridized carbons (Fsp3) is 0.0714. The molecular formula is C14H12BrClN2S. The van der Waals surface area contributed by atoms with Crippen LogP contribution in [0.3, 0.4) is 0 Å². The van der Waals surface area contributed by atoms with Crippen molar-refractivity contribution in [3.63, 3.8) is 0 Å². The molecule has 0 aliphatic rings. The van der Waals surface area contributed by atoms with Crippen LogP contribution in [0.5, 0.6) is 0 Å². The normalized spacial score (nSPS) is 10.0. The highest BCUT2D eigenvalue weighted by Crippen LogP contribution is 2.25. The standard InChI is InChI=1S/C14H12BrClN2S/c15-11-6-7-13(12(16)8-11)18-14(19)17-9-10-4-2-1-3-5-10/h1-8H,9H2,(H2,17,18,19). The molecule has 0 saturated carbocycles. The summed E-state index contributed by atoms with van der Waals surface area (Å²) in [6.07, 6.45) is 0. The molecule has 0 fully saturated rings. The molecule has 2 rings (SSSR count). The van der Waals surface area contributed by atoms with Gasteiger partial charge in [-0.15, -0.1) is 0 Å². The Morgan fingerprint density at radius 1 is 1.16 bits per heavy atom. The Kier molecular flexibility index (Phi) is 5.19. The smallest absolute Gasteiger partial charge is 0.171 e. The van der Waals surface area contributed by atoms with Crippen LogP contribution < -0.4 is 10.6 Å². The molecule has 0 unspecified atom stereocenters. The van der Waals surface area contributed by atoms with Crippen LogP contribution in [-0.4, -0.2) is 5.11 Å². The number of benzene rings is 2. The third kappa shape index (κ3) is 4.49. The fourth-order valence-electron chi connectivity index (χ4n) is 1.54. The average Bonchev–Trinajstić information content (AvgIpc) is 2.41. The van der Waals surface area contributed by atoms with Crippen molar-refractivity contribution in [2.24, 2.45) is 0 Å². The summed E-state index contributed by atoms with van der Waals surface area (Å²) in [7, 11) is 0. The second-order valence-electron chi connectivity index (χ2n) is 3.92. The molecule has 0 aromatic heterocycles. The average molecular weight is 356 g/mol. The molecule has 2 N–H and O–H groups in total.